The lowest BCUT2D eigenvalue weighted by Crippen LogP contribution is -2.47. The molecule has 12 heteroatoms. The Morgan fingerprint density at radius 1 is 1.22 bits per heavy atom. The number of nitro benzene ring substituents is 1. The van der Waals surface area contributed by atoms with E-state index in [1.54, 1.807) is 34.6 Å². The van der Waals surface area contributed by atoms with Crippen molar-refractivity contribution in [2.24, 2.45) is 11.1 Å². The van der Waals surface area contributed by atoms with Crippen molar-refractivity contribution in [3.63, 3.8) is 0 Å². The Hall–Kier alpha value is -4.22. The highest BCUT2D eigenvalue weighted by Gasteiger charge is 2.40. The molecule has 0 aliphatic carbocycles. The fraction of sp³-hybridized carbons (Fsp3) is 0.417. The van der Waals surface area contributed by atoms with Crippen LogP contribution in [0.25, 0.3) is 0 Å². The third-order valence-electron chi connectivity index (χ3n) is 5.43. The summed E-state index contributed by atoms with van der Waals surface area (Å²) in [6.07, 6.45) is 0.977. The van der Waals surface area contributed by atoms with Crippen LogP contribution in [-0.2, 0) is 23.9 Å². The molecular weight excluding hydrogens is 472 g/mol. The maximum atomic E-state index is 13.6. The monoisotopic (exact) mass is 502 g/mol. The van der Waals surface area contributed by atoms with E-state index in [0.29, 0.717) is 0 Å². The standard InChI is InChI=1S/C24H30N4O8/c1-6-35-23(30)20-17(12-25-32)26-14(5)18(19(20)15-9-8-10-16(11-15)28(33)34)22(29)27-21(13(3)4)24(31)36-7-2/h8-13,19,21,26,32H,6-7H2,1-5H3,(H,27,29)/t19?,21-/m0/s1. The summed E-state index contributed by atoms with van der Waals surface area (Å²) < 4.78 is 10.3. The predicted octanol–water partition coefficient (Wildman–Crippen LogP) is 2.54. The zero-order chi connectivity index (χ0) is 27.0. The minimum atomic E-state index is -1.15. The average molecular weight is 503 g/mol. The number of oxime groups is 1. The minimum absolute atomic E-state index is 0.00997. The quantitative estimate of drug-likeness (QED) is 0.143. The molecule has 0 saturated heterocycles. The highest BCUT2D eigenvalue weighted by Crippen LogP contribution is 2.39. The second-order valence-electron chi connectivity index (χ2n) is 8.19. The molecule has 1 heterocycles. The third-order valence-corrected chi connectivity index (χ3v) is 5.43. The van der Waals surface area contributed by atoms with Gasteiger partial charge in [0.05, 0.1) is 41.5 Å². The van der Waals surface area contributed by atoms with E-state index in [1.807, 2.05) is 0 Å². The number of carbonyl (C=O) groups excluding carboxylic acids is 3. The summed E-state index contributed by atoms with van der Waals surface area (Å²) >= 11 is 0. The van der Waals surface area contributed by atoms with E-state index in [4.69, 9.17) is 9.47 Å². The molecule has 0 bridgehead atoms. The third kappa shape index (κ3) is 6.26. The fourth-order valence-corrected chi connectivity index (χ4v) is 3.85. The van der Waals surface area contributed by atoms with E-state index in [9.17, 15) is 29.7 Å². The lowest BCUT2D eigenvalue weighted by molar-refractivity contribution is -0.384. The van der Waals surface area contributed by atoms with Crippen LogP contribution >= 0.6 is 0 Å². The number of nitrogens with one attached hydrogen (secondary N) is 2. The molecule has 12 nitrogen and oxygen atoms in total. The van der Waals surface area contributed by atoms with Crippen molar-refractivity contribution in [3.8, 4) is 0 Å². The number of hydrogen-bond donors (Lipinski definition) is 3. The zero-order valence-electron chi connectivity index (χ0n) is 20.7. The number of nitro groups is 1. The Morgan fingerprint density at radius 2 is 1.89 bits per heavy atom. The lowest BCUT2D eigenvalue weighted by Gasteiger charge is -2.31. The summed E-state index contributed by atoms with van der Waals surface area (Å²) in [5.41, 5.74) is 0.257. The minimum Gasteiger partial charge on any atom is -0.464 e. The van der Waals surface area contributed by atoms with Gasteiger partial charge in [0, 0.05) is 23.4 Å². The number of rotatable bonds is 10. The van der Waals surface area contributed by atoms with E-state index >= 15 is 0 Å². The molecule has 1 amide bonds. The molecule has 36 heavy (non-hydrogen) atoms. The lowest BCUT2D eigenvalue weighted by atomic mass is 9.79. The maximum Gasteiger partial charge on any atom is 0.337 e. The van der Waals surface area contributed by atoms with E-state index in [-0.39, 0.29) is 52.9 Å². The molecule has 1 aliphatic heterocycles. The average Bonchev–Trinajstić information content (AvgIpc) is 2.82. The fourth-order valence-electron chi connectivity index (χ4n) is 3.85. The Bertz CT molecular complexity index is 1120. The normalized spacial score (nSPS) is 16.6. The van der Waals surface area contributed by atoms with E-state index < -0.39 is 34.7 Å². The number of dihydropyridines is 1. The first-order valence-electron chi connectivity index (χ1n) is 11.4. The highest BCUT2D eigenvalue weighted by molar-refractivity contribution is 6.06. The van der Waals surface area contributed by atoms with Crippen LogP contribution in [0.15, 0.2) is 52.0 Å². The van der Waals surface area contributed by atoms with Crippen molar-refractivity contribution >= 4 is 29.7 Å². The first kappa shape index (κ1) is 28.0. The summed E-state index contributed by atoms with van der Waals surface area (Å²) in [7, 11) is 0. The summed E-state index contributed by atoms with van der Waals surface area (Å²) in [6.45, 7) is 8.40. The molecule has 2 atom stereocenters. The molecule has 0 saturated carbocycles. The summed E-state index contributed by atoms with van der Waals surface area (Å²) in [4.78, 5) is 50.0. The van der Waals surface area contributed by atoms with Crippen LogP contribution < -0.4 is 10.6 Å². The van der Waals surface area contributed by atoms with Crippen molar-refractivity contribution in [3.05, 3.63) is 62.5 Å². The topological polar surface area (TPSA) is 169 Å². The molecule has 0 fully saturated rings. The Balaban J connectivity index is 2.73. The summed E-state index contributed by atoms with van der Waals surface area (Å²) in [6, 6.07) is 4.49. The molecular formula is C24H30N4O8. The van der Waals surface area contributed by atoms with Crippen molar-refractivity contribution in [2.75, 3.05) is 13.2 Å². The number of amides is 1. The molecule has 0 radical (unpaired) electrons. The molecule has 1 unspecified atom stereocenters. The van der Waals surface area contributed by atoms with Gasteiger partial charge in [0.2, 0.25) is 0 Å². The van der Waals surface area contributed by atoms with E-state index in [0.717, 1.165) is 6.21 Å². The maximum absolute atomic E-state index is 13.6. The first-order valence-corrected chi connectivity index (χ1v) is 11.4. The van der Waals surface area contributed by atoms with Crippen molar-refractivity contribution in [2.45, 2.75) is 46.6 Å². The van der Waals surface area contributed by atoms with E-state index in [1.165, 1.54) is 24.3 Å². The predicted molar refractivity (Wildman–Crippen MR) is 129 cm³/mol. The second-order valence-corrected chi connectivity index (χ2v) is 8.19. The van der Waals surface area contributed by atoms with E-state index in [2.05, 4.69) is 15.8 Å². The van der Waals surface area contributed by atoms with Gasteiger partial charge >= 0.3 is 11.9 Å². The second kappa shape index (κ2) is 12.5. The molecule has 0 aromatic heterocycles. The van der Waals surface area contributed by atoms with Gasteiger partial charge in [-0.2, -0.15) is 0 Å². The van der Waals surface area contributed by atoms with Gasteiger partial charge in [-0.3, -0.25) is 14.9 Å². The van der Waals surface area contributed by atoms with Crippen molar-refractivity contribution in [1.82, 2.24) is 10.6 Å². The smallest absolute Gasteiger partial charge is 0.337 e. The van der Waals surface area contributed by atoms with Crippen LogP contribution in [0.5, 0.6) is 0 Å². The number of allylic oxidation sites excluding steroid dienone is 2. The molecule has 1 aromatic carbocycles. The van der Waals surface area contributed by atoms with Crippen LogP contribution in [0.4, 0.5) is 5.69 Å². The van der Waals surface area contributed by atoms with Crippen LogP contribution in [0, 0.1) is 16.0 Å². The number of ether oxygens (including phenoxy) is 2. The van der Waals surface area contributed by atoms with Gasteiger partial charge in [-0.05, 0) is 32.3 Å². The number of benzene rings is 1. The van der Waals surface area contributed by atoms with Crippen molar-refractivity contribution < 1.29 is 34.0 Å². The molecule has 194 valence electrons. The molecule has 2 rings (SSSR count). The molecule has 0 spiro atoms. The van der Waals surface area contributed by atoms with Gasteiger partial charge in [-0.25, -0.2) is 9.59 Å². The van der Waals surface area contributed by atoms with Gasteiger partial charge < -0.3 is 25.3 Å². The number of carbonyl (C=O) groups is 3. The van der Waals surface area contributed by atoms with Crippen molar-refractivity contribution in [1.29, 1.82) is 0 Å². The molecule has 3 N–H and O–H groups in total. The van der Waals surface area contributed by atoms with Crippen LogP contribution in [0.2, 0.25) is 0 Å². The van der Waals surface area contributed by atoms with Gasteiger partial charge in [-0.15, -0.1) is 0 Å². The van der Waals surface area contributed by atoms with Crippen LogP contribution in [0.3, 0.4) is 0 Å². The molecule has 1 aromatic rings. The van der Waals surface area contributed by atoms with Crippen LogP contribution in [0.1, 0.15) is 46.1 Å². The number of nitrogens with zero attached hydrogens (tertiary/aromatic N) is 2. The Kier molecular flexibility index (Phi) is 9.71. The summed E-state index contributed by atoms with van der Waals surface area (Å²) in [5, 5.41) is 29.2. The number of hydrogen-bond acceptors (Lipinski definition) is 10. The SMILES string of the molecule is CCOC(=O)C1=C(C=NO)NC(C)=C(C(=O)N[C@H](C(=O)OCC)C(C)C)C1c1cccc([N+](=O)[O-])c1. The number of esters is 2. The van der Waals surface area contributed by atoms with Gasteiger partial charge in [0.1, 0.15) is 6.04 Å². The van der Waals surface area contributed by atoms with Crippen LogP contribution in [-0.4, -0.2) is 53.4 Å². The first-order chi connectivity index (χ1) is 17.1. The Morgan fingerprint density at radius 3 is 2.44 bits per heavy atom. The largest absolute Gasteiger partial charge is 0.464 e. The molecule has 1 aliphatic rings. The zero-order valence-corrected chi connectivity index (χ0v) is 20.7. The van der Waals surface area contributed by atoms with Gasteiger partial charge in [-0.1, -0.05) is 31.1 Å². The summed E-state index contributed by atoms with van der Waals surface area (Å²) in [5.74, 6) is -3.60. The Labute approximate surface area is 208 Å². The highest BCUT2D eigenvalue weighted by atomic mass is 16.6. The van der Waals surface area contributed by atoms with Gasteiger partial charge in [0.15, 0.2) is 0 Å². The number of non-ortho nitro benzene ring substituents is 1. The van der Waals surface area contributed by atoms with Gasteiger partial charge in [0.25, 0.3) is 11.6 Å².